The van der Waals surface area contributed by atoms with E-state index in [1.807, 2.05) is 0 Å². The van der Waals surface area contributed by atoms with Crippen LogP contribution < -0.4 is 5.32 Å². The predicted octanol–water partition coefficient (Wildman–Crippen LogP) is 0.649. The molecule has 1 aromatic rings. The van der Waals surface area contributed by atoms with Gasteiger partial charge < -0.3 is 15.5 Å². The molecule has 1 rings (SSSR count). The van der Waals surface area contributed by atoms with Crippen LogP contribution in [0.15, 0.2) is 36.4 Å². The van der Waals surface area contributed by atoms with E-state index in [2.05, 4.69) is 5.32 Å². The number of phenols is 1. The average molecular weight is 221 g/mol. The summed E-state index contributed by atoms with van der Waals surface area (Å²) in [6, 6.07) is 6.34. The summed E-state index contributed by atoms with van der Waals surface area (Å²) >= 11 is 0. The zero-order chi connectivity index (χ0) is 12.0. The molecule has 0 atom stereocenters. The van der Waals surface area contributed by atoms with Gasteiger partial charge in [0, 0.05) is 18.7 Å². The first-order chi connectivity index (χ1) is 7.58. The van der Waals surface area contributed by atoms with Gasteiger partial charge in [-0.1, -0.05) is 12.1 Å². The summed E-state index contributed by atoms with van der Waals surface area (Å²) in [4.78, 5) is 21.2. The molecule has 5 heteroatoms. The summed E-state index contributed by atoms with van der Waals surface area (Å²) in [5.74, 6) is -1.49. The van der Waals surface area contributed by atoms with Crippen molar-refractivity contribution in [2.24, 2.45) is 0 Å². The van der Waals surface area contributed by atoms with Crippen LogP contribution in [-0.2, 0) is 16.1 Å². The van der Waals surface area contributed by atoms with Crippen molar-refractivity contribution < 1.29 is 19.8 Å². The number of aliphatic carboxylic acids is 1. The molecule has 16 heavy (non-hydrogen) atoms. The maximum absolute atomic E-state index is 11.1. The molecule has 1 aromatic carbocycles. The summed E-state index contributed by atoms with van der Waals surface area (Å²) in [7, 11) is 0. The lowest BCUT2D eigenvalue weighted by Crippen LogP contribution is -2.20. The highest BCUT2D eigenvalue weighted by atomic mass is 16.4. The Bertz CT molecular complexity index is 408. The second-order valence-electron chi connectivity index (χ2n) is 3.06. The van der Waals surface area contributed by atoms with Crippen molar-refractivity contribution in [1.82, 2.24) is 5.32 Å². The number of amides is 1. The fourth-order valence-corrected chi connectivity index (χ4v) is 1.01. The molecule has 0 unspecified atom stereocenters. The van der Waals surface area contributed by atoms with Gasteiger partial charge in [0.1, 0.15) is 5.75 Å². The molecule has 0 heterocycles. The number of hydrogen-bond donors (Lipinski definition) is 3. The minimum absolute atomic E-state index is 0.154. The number of benzene rings is 1. The molecule has 0 aliphatic rings. The first kappa shape index (κ1) is 11.8. The van der Waals surface area contributed by atoms with E-state index in [9.17, 15) is 9.59 Å². The topological polar surface area (TPSA) is 86.6 Å². The number of hydrogen-bond acceptors (Lipinski definition) is 3. The minimum atomic E-state index is -1.17. The van der Waals surface area contributed by atoms with Gasteiger partial charge in [0.05, 0.1) is 0 Å². The number of rotatable bonds is 4. The van der Waals surface area contributed by atoms with Gasteiger partial charge in [0.2, 0.25) is 5.91 Å². The monoisotopic (exact) mass is 221 g/mol. The Morgan fingerprint density at radius 3 is 2.38 bits per heavy atom. The maximum Gasteiger partial charge on any atom is 0.328 e. The van der Waals surface area contributed by atoms with E-state index in [1.165, 1.54) is 12.1 Å². The van der Waals surface area contributed by atoms with Crippen LogP contribution in [-0.4, -0.2) is 22.1 Å². The van der Waals surface area contributed by atoms with Gasteiger partial charge in [-0.15, -0.1) is 0 Å². The maximum atomic E-state index is 11.1. The van der Waals surface area contributed by atoms with E-state index >= 15 is 0 Å². The number of nitrogens with one attached hydrogen (secondary N) is 1. The van der Waals surface area contributed by atoms with E-state index in [-0.39, 0.29) is 12.3 Å². The third kappa shape index (κ3) is 4.28. The van der Waals surface area contributed by atoms with E-state index in [0.717, 1.165) is 17.7 Å². The molecule has 0 aliphatic carbocycles. The van der Waals surface area contributed by atoms with Crippen LogP contribution >= 0.6 is 0 Å². The molecule has 0 bridgehead atoms. The van der Waals surface area contributed by atoms with Crippen LogP contribution in [0.4, 0.5) is 0 Å². The van der Waals surface area contributed by atoms with Gasteiger partial charge in [-0.05, 0) is 17.7 Å². The molecule has 0 fully saturated rings. The quantitative estimate of drug-likeness (QED) is 0.651. The van der Waals surface area contributed by atoms with Gasteiger partial charge >= 0.3 is 5.97 Å². The van der Waals surface area contributed by atoms with Crippen LogP contribution in [0, 0.1) is 0 Å². The van der Waals surface area contributed by atoms with Crippen molar-refractivity contribution in [3.05, 3.63) is 42.0 Å². The number of carboxylic acid groups (broad SMARTS) is 1. The highest BCUT2D eigenvalue weighted by molar-refractivity contribution is 5.93. The molecule has 84 valence electrons. The number of carbonyl (C=O) groups is 2. The smallest absolute Gasteiger partial charge is 0.328 e. The van der Waals surface area contributed by atoms with Gasteiger partial charge in [-0.3, -0.25) is 4.79 Å². The van der Waals surface area contributed by atoms with Crippen molar-refractivity contribution in [3.63, 3.8) is 0 Å². The Morgan fingerprint density at radius 1 is 1.19 bits per heavy atom. The van der Waals surface area contributed by atoms with Gasteiger partial charge in [-0.2, -0.15) is 0 Å². The van der Waals surface area contributed by atoms with Crippen LogP contribution in [0.3, 0.4) is 0 Å². The molecule has 0 aromatic heterocycles. The minimum Gasteiger partial charge on any atom is -0.508 e. The number of carboxylic acids is 1. The normalized spacial score (nSPS) is 10.2. The van der Waals surface area contributed by atoms with Gasteiger partial charge in [-0.25, -0.2) is 4.79 Å². The van der Waals surface area contributed by atoms with Crippen LogP contribution in [0.1, 0.15) is 5.56 Å². The fraction of sp³-hybridized carbons (Fsp3) is 0.0909. The van der Waals surface area contributed by atoms with Gasteiger partial charge in [0.25, 0.3) is 0 Å². The zero-order valence-corrected chi connectivity index (χ0v) is 8.38. The standard InChI is InChI=1S/C11H11NO4/c13-9-3-1-8(2-4-9)7-12-10(14)5-6-11(15)16/h1-6,13H,7H2,(H,12,14)(H,15,16)/b6-5+. The second kappa shape index (κ2) is 5.55. The van der Waals surface area contributed by atoms with E-state index < -0.39 is 11.9 Å². The molecule has 3 N–H and O–H groups in total. The predicted molar refractivity (Wildman–Crippen MR) is 56.7 cm³/mol. The summed E-state index contributed by atoms with van der Waals surface area (Å²) in [6.45, 7) is 0.281. The zero-order valence-electron chi connectivity index (χ0n) is 8.38. The molecule has 0 spiro atoms. The van der Waals surface area contributed by atoms with E-state index in [0.29, 0.717) is 0 Å². The Balaban J connectivity index is 2.43. The molecular weight excluding hydrogens is 210 g/mol. The Labute approximate surface area is 92.0 Å². The summed E-state index contributed by atoms with van der Waals surface area (Å²) in [5, 5.41) is 19.8. The lowest BCUT2D eigenvalue weighted by Gasteiger charge is -2.02. The van der Waals surface area contributed by atoms with Crippen molar-refractivity contribution >= 4 is 11.9 Å². The lowest BCUT2D eigenvalue weighted by atomic mass is 10.2. The molecular formula is C11H11NO4. The average Bonchev–Trinajstić information content (AvgIpc) is 2.25. The third-order valence-corrected chi connectivity index (χ3v) is 1.78. The number of aromatic hydroxyl groups is 1. The third-order valence-electron chi connectivity index (χ3n) is 1.78. The summed E-state index contributed by atoms with van der Waals surface area (Å²) in [5.41, 5.74) is 0.815. The number of phenolic OH excluding ortho intramolecular Hbond substituents is 1. The Hall–Kier alpha value is -2.30. The first-order valence-electron chi connectivity index (χ1n) is 4.54. The van der Waals surface area contributed by atoms with Crippen LogP contribution in [0.2, 0.25) is 0 Å². The highest BCUT2D eigenvalue weighted by Gasteiger charge is 1.97. The van der Waals surface area contributed by atoms with Crippen molar-refractivity contribution in [2.75, 3.05) is 0 Å². The van der Waals surface area contributed by atoms with Crippen molar-refractivity contribution in [2.45, 2.75) is 6.54 Å². The SMILES string of the molecule is O=C(O)/C=C/C(=O)NCc1ccc(O)cc1. The molecule has 0 saturated carbocycles. The summed E-state index contributed by atoms with van der Waals surface area (Å²) < 4.78 is 0. The van der Waals surface area contributed by atoms with Crippen molar-refractivity contribution in [1.29, 1.82) is 0 Å². The van der Waals surface area contributed by atoms with Crippen LogP contribution in [0.25, 0.3) is 0 Å². The molecule has 0 aliphatic heterocycles. The lowest BCUT2D eigenvalue weighted by molar-refractivity contribution is -0.131. The van der Waals surface area contributed by atoms with E-state index in [4.69, 9.17) is 10.2 Å². The van der Waals surface area contributed by atoms with Crippen LogP contribution in [0.5, 0.6) is 5.75 Å². The van der Waals surface area contributed by atoms with E-state index in [1.54, 1.807) is 12.1 Å². The molecule has 0 radical (unpaired) electrons. The molecule has 5 nitrogen and oxygen atoms in total. The van der Waals surface area contributed by atoms with Crippen molar-refractivity contribution in [3.8, 4) is 5.75 Å². The highest BCUT2D eigenvalue weighted by Crippen LogP contribution is 2.08. The van der Waals surface area contributed by atoms with Gasteiger partial charge in [0.15, 0.2) is 0 Å². The fourth-order valence-electron chi connectivity index (χ4n) is 1.01. The Morgan fingerprint density at radius 2 is 1.81 bits per heavy atom. The number of carbonyl (C=O) groups excluding carboxylic acids is 1. The second-order valence-corrected chi connectivity index (χ2v) is 3.06. The Kier molecular flexibility index (Phi) is 4.08. The molecule has 1 amide bonds. The largest absolute Gasteiger partial charge is 0.508 e. The first-order valence-corrected chi connectivity index (χ1v) is 4.54. The molecule has 0 saturated heterocycles. The summed E-state index contributed by atoms with van der Waals surface area (Å²) in [6.07, 6.45) is 1.72.